The monoisotopic (exact) mass is 518 g/mol. The summed E-state index contributed by atoms with van der Waals surface area (Å²) in [6.07, 6.45) is 7.03. The van der Waals surface area contributed by atoms with Gasteiger partial charge in [0.1, 0.15) is 10.5 Å². The summed E-state index contributed by atoms with van der Waals surface area (Å²) in [5, 5.41) is -1.19. The fraction of sp³-hybridized carbons (Fsp3) is 0.0667. The number of rotatable bonds is 8. The van der Waals surface area contributed by atoms with E-state index in [2.05, 4.69) is 0 Å². The van der Waals surface area contributed by atoms with Gasteiger partial charge in [-0.25, -0.2) is 8.42 Å². The van der Waals surface area contributed by atoms with Crippen LogP contribution in [-0.2, 0) is 9.84 Å². The normalized spacial score (nSPS) is 13.8. The highest BCUT2D eigenvalue weighted by molar-refractivity contribution is 7.92. The lowest BCUT2D eigenvalue weighted by molar-refractivity contribution is 0.584. The van der Waals surface area contributed by atoms with Crippen LogP contribution in [0.25, 0.3) is 12.2 Å². The number of benzene rings is 4. The second kappa shape index (κ2) is 11.5. The van der Waals surface area contributed by atoms with Gasteiger partial charge in [0.25, 0.3) is 0 Å². The van der Waals surface area contributed by atoms with Gasteiger partial charge in [0.05, 0.1) is 0 Å². The molecule has 0 aliphatic rings. The lowest BCUT2D eigenvalue weighted by Gasteiger charge is -2.23. The van der Waals surface area contributed by atoms with Crippen LogP contribution in [0.1, 0.15) is 32.8 Å². The van der Waals surface area contributed by atoms with Crippen molar-refractivity contribution in [3.63, 3.8) is 0 Å². The molecule has 0 heterocycles. The van der Waals surface area contributed by atoms with E-state index in [0.29, 0.717) is 21.2 Å². The van der Waals surface area contributed by atoms with Crippen LogP contribution in [0, 0.1) is 0 Å². The number of halogens is 2. The lowest BCUT2D eigenvalue weighted by Crippen LogP contribution is -2.19. The van der Waals surface area contributed by atoms with Crippen LogP contribution in [0.5, 0.6) is 0 Å². The van der Waals surface area contributed by atoms with Crippen molar-refractivity contribution >= 4 is 45.2 Å². The standard InChI is InChI=1S/C30H24Cl2O2S/c31-27-17-9-7-15-25(27)29(21-19-23-11-3-1-4-12-23)35(33,34)30(26-16-8-10-18-28(26)32)22-20-24-13-5-2-6-14-24/h1-22,29-30H/b21-19-,22-20-. The van der Waals surface area contributed by atoms with Crippen LogP contribution in [0.15, 0.2) is 121 Å². The Hall–Kier alpha value is -3.11. The van der Waals surface area contributed by atoms with Gasteiger partial charge >= 0.3 is 0 Å². The first kappa shape index (κ1) is 25.0. The van der Waals surface area contributed by atoms with E-state index in [0.717, 1.165) is 11.1 Å². The minimum Gasteiger partial charge on any atom is -0.227 e. The van der Waals surface area contributed by atoms with Crippen LogP contribution in [0.3, 0.4) is 0 Å². The van der Waals surface area contributed by atoms with E-state index in [1.807, 2.05) is 72.8 Å². The van der Waals surface area contributed by atoms with Crippen LogP contribution >= 0.6 is 23.2 Å². The quantitative estimate of drug-likeness (QED) is 0.234. The average Bonchev–Trinajstić information content (AvgIpc) is 2.87. The maximum atomic E-state index is 14.4. The molecular formula is C30H24Cl2O2S. The number of sulfone groups is 1. The van der Waals surface area contributed by atoms with Crippen molar-refractivity contribution in [1.82, 2.24) is 0 Å². The second-order valence-corrected chi connectivity index (χ2v) is 11.0. The molecule has 2 nitrogen and oxygen atoms in total. The van der Waals surface area contributed by atoms with Crippen molar-refractivity contribution in [2.45, 2.75) is 10.5 Å². The third-order valence-corrected chi connectivity index (χ3v) is 8.58. The Balaban J connectivity index is 1.86. The summed E-state index contributed by atoms with van der Waals surface area (Å²) >= 11 is 13.0. The predicted octanol–water partition coefficient (Wildman–Crippen LogP) is 8.62. The molecule has 0 fully saturated rings. The van der Waals surface area contributed by atoms with Crippen molar-refractivity contribution < 1.29 is 8.42 Å². The molecule has 0 bridgehead atoms. The predicted molar refractivity (Wildman–Crippen MR) is 148 cm³/mol. The van der Waals surface area contributed by atoms with E-state index < -0.39 is 20.3 Å². The zero-order chi connectivity index (χ0) is 24.7. The Labute approximate surface area is 217 Å². The molecule has 0 aliphatic carbocycles. The SMILES string of the molecule is O=S(=O)(C(/C=C\c1ccccc1)c1ccccc1Cl)C(/C=C\c1ccccc1)c1ccccc1Cl. The van der Waals surface area contributed by atoms with Crippen molar-refractivity contribution in [3.05, 3.63) is 154 Å². The van der Waals surface area contributed by atoms with Gasteiger partial charge in [0.15, 0.2) is 9.84 Å². The van der Waals surface area contributed by atoms with Crippen LogP contribution in [0.4, 0.5) is 0 Å². The fourth-order valence-electron chi connectivity index (χ4n) is 3.88. The first-order chi connectivity index (χ1) is 17.0. The Morgan fingerprint density at radius 2 is 0.857 bits per heavy atom. The third kappa shape index (κ3) is 6.12. The largest absolute Gasteiger partial charge is 0.227 e. The van der Waals surface area contributed by atoms with Gasteiger partial charge in [-0.15, -0.1) is 0 Å². The zero-order valence-electron chi connectivity index (χ0n) is 18.8. The molecule has 2 unspecified atom stereocenters. The smallest absolute Gasteiger partial charge is 0.171 e. The molecule has 176 valence electrons. The van der Waals surface area contributed by atoms with E-state index in [9.17, 15) is 8.42 Å². The Bertz CT molecular complexity index is 1320. The van der Waals surface area contributed by atoms with Gasteiger partial charge in [-0.1, -0.05) is 145 Å². The van der Waals surface area contributed by atoms with Crippen molar-refractivity contribution in [2.24, 2.45) is 0 Å². The van der Waals surface area contributed by atoms with Crippen molar-refractivity contribution in [3.8, 4) is 0 Å². The minimum atomic E-state index is -3.90. The molecule has 0 saturated heterocycles. The first-order valence-corrected chi connectivity index (χ1v) is 13.5. The summed E-state index contributed by atoms with van der Waals surface area (Å²) in [7, 11) is -3.90. The molecule has 4 aromatic carbocycles. The second-order valence-electron chi connectivity index (χ2n) is 8.01. The molecule has 0 aromatic heterocycles. The van der Waals surface area contributed by atoms with Gasteiger partial charge in [0.2, 0.25) is 0 Å². The van der Waals surface area contributed by atoms with Gasteiger partial charge in [-0.3, -0.25) is 0 Å². The lowest BCUT2D eigenvalue weighted by atomic mass is 10.1. The highest BCUT2D eigenvalue weighted by Crippen LogP contribution is 2.41. The molecule has 35 heavy (non-hydrogen) atoms. The van der Waals surface area contributed by atoms with Crippen LogP contribution in [0.2, 0.25) is 10.0 Å². The Morgan fingerprint density at radius 3 is 1.23 bits per heavy atom. The topological polar surface area (TPSA) is 34.1 Å². The molecular weight excluding hydrogens is 495 g/mol. The van der Waals surface area contributed by atoms with E-state index in [4.69, 9.17) is 23.2 Å². The van der Waals surface area contributed by atoms with Gasteiger partial charge < -0.3 is 0 Å². The average molecular weight is 519 g/mol. The molecule has 0 amide bonds. The Kier molecular flexibility index (Phi) is 8.25. The van der Waals surface area contributed by atoms with Gasteiger partial charge in [-0.2, -0.15) is 0 Å². The summed E-state index contributed by atoms with van der Waals surface area (Å²) in [5.74, 6) is 0. The Morgan fingerprint density at radius 1 is 0.514 bits per heavy atom. The number of hydrogen-bond acceptors (Lipinski definition) is 2. The summed E-state index contributed by atoms with van der Waals surface area (Å²) in [5.41, 5.74) is 2.83. The highest BCUT2D eigenvalue weighted by Gasteiger charge is 2.35. The summed E-state index contributed by atoms with van der Waals surface area (Å²) in [4.78, 5) is 0. The maximum Gasteiger partial charge on any atom is 0.171 e. The van der Waals surface area contributed by atoms with E-state index in [1.165, 1.54) is 0 Å². The maximum absolute atomic E-state index is 14.4. The summed E-state index contributed by atoms with van der Waals surface area (Å²) in [6, 6.07) is 33.3. The van der Waals surface area contributed by atoms with E-state index in [1.54, 1.807) is 60.7 Å². The minimum absolute atomic E-state index is 0.392. The molecule has 2 atom stereocenters. The number of hydrogen-bond donors (Lipinski definition) is 0. The molecule has 0 aliphatic heterocycles. The van der Waals surface area contributed by atoms with E-state index in [-0.39, 0.29) is 0 Å². The first-order valence-electron chi connectivity index (χ1n) is 11.1. The molecule has 4 aromatic rings. The van der Waals surface area contributed by atoms with E-state index >= 15 is 0 Å². The molecule has 0 N–H and O–H groups in total. The molecule has 5 heteroatoms. The van der Waals surface area contributed by atoms with Gasteiger partial charge in [-0.05, 0) is 34.4 Å². The third-order valence-electron chi connectivity index (χ3n) is 5.66. The molecule has 0 radical (unpaired) electrons. The van der Waals surface area contributed by atoms with Crippen molar-refractivity contribution in [2.75, 3.05) is 0 Å². The zero-order valence-corrected chi connectivity index (χ0v) is 21.2. The summed E-state index contributed by atoms with van der Waals surface area (Å²) < 4.78 is 28.7. The molecule has 4 rings (SSSR count). The fourth-order valence-corrected chi connectivity index (χ4v) is 6.54. The van der Waals surface area contributed by atoms with Crippen molar-refractivity contribution in [1.29, 1.82) is 0 Å². The summed E-state index contributed by atoms with van der Waals surface area (Å²) in [6.45, 7) is 0. The molecule has 0 saturated carbocycles. The van der Waals surface area contributed by atoms with Crippen LogP contribution in [-0.4, -0.2) is 8.42 Å². The van der Waals surface area contributed by atoms with Crippen LogP contribution < -0.4 is 0 Å². The highest BCUT2D eigenvalue weighted by atomic mass is 35.5. The molecule has 0 spiro atoms. The van der Waals surface area contributed by atoms with Gasteiger partial charge in [0, 0.05) is 10.0 Å².